The van der Waals surface area contributed by atoms with Gasteiger partial charge < -0.3 is 14.6 Å². The van der Waals surface area contributed by atoms with Crippen LogP contribution in [0, 0.1) is 13.8 Å². The molecule has 4 aromatic carbocycles. The number of hydrogen-bond acceptors (Lipinski definition) is 6. The predicted octanol–water partition coefficient (Wildman–Crippen LogP) is 7.49. The molecule has 1 N–H and O–H groups in total. The largest absolute Gasteiger partial charge is 0.489 e. The van der Waals surface area contributed by atoms with Gasteiger partial charge in [-0.05, 0) is 54.8 Å². The molecule has 1 atom stereocenters. The minimum atomic E-state index is -1.23. The number of benzene rings is 4. The molecule has 42 heavy (non-hydrogen) atoms. The van der Waals surface area contributed by atoms with Crippen LogP contribution in [0.4, 0.5) is 0 Å². The van der Waals surface area contributed by atoms with E-state index in [-0.39, 0.29) is 4.32 Å². The van der Waals surface area contributed by atoms with Crippen molar-refractivity contribution in [2.24, 2.45) is 0 Å². The fraction of sp³-hybridized carbons (Fsp3) is 0.147. The number of ether oxygens (including phenoxy) is 2. The van der Waals surface area contributed by atoms with Gasteiger partial charge in [0, 0.05) is 5.56 Å². The molecule has 6 nitrogen and oxygen atoms in total. The molecule has 212 valence electrons. The Hall–Kier alpha value is -4.40. The first-order valence-electron chi connectivity index (χ1n) is 13.3. The van der Waals surface area contributed by atoms with Crippen molar-refractivity contribution in [1.29, 1.82) is 0 Å². The van der Waals surface area contributed by atoms with E-state index < -0.39 is 17.9 Å². The number of rotatable bonds is 10. The smallest absolute Gasteiger partial charge is 0.331 e. The Morgan fingerprint density at radius 2 is 1.48 bits per heavy atom. The number of amides is 1. The molecule has 1 unspecified atom stereocenters. The summed E-state index contributed by atoms with van der Waals surface area (Å²) in [6, 6.07) is 29.0. The summed E-state index contributed by atoms with van der Waals surface area (Å²) >= 11 is 6.57. The van der Waals surface area contributed by atoms with Crippen molar-refractivity contribution >= 4 is 46.3 Å². The van der Waals surface area contributed by atoms with Crippen molar-refractivity contribution in [2.75, 3.05) is 0 Å². The molecule has 0 aliphatic carbocycles. The minimum Gasteiger partial charge on any atom is -0.489 e. The number of aliphatic carboxylic acids is 1. The summed E-state index contributed by atoms with van der Waals surface area (Å²) in [7, 11) is 0. The van der Waals surface area contributed by atoms with E-state index in [0.29, 0.717) is 40.7 Å². The SMILES string of the molecule is Cc1ccc(COc2ccc(OCc3ccc(C)cc3)c(/C=C3\SC(=S)N(C(C(=O)O)c4ccccc4)C3=O)c2)cc1. The fourth-order valence-corrected chi connectivity index (χ4v) is 5.74. The van der Waals surface area contributed by atoms with Gasteiger partial charge in [-0.3, -0.25) is 9.69 Å². The van der Waals surface area contributed by atoms with Crippen molar-refractivity contribution < 1.29 is 24.2 Å². The van der Waals surface area contributed by atoms with Gasteiger partial charge in [0.05, 0.1) is 4.91 Å². The highest BCUT2D eigenvalue weighted by atomic mass is 32.2. The van der Waals surface area contributed by atoms with E-state index in [2.05, 4.69) is 0 Å². The molecule has 5 rings (SSSR count). The third-order valence-corrected chi connectivity index (χ3v) is 8.07. The lowest BCUT2D eigenvalue weighted by molar-refractivity contribution is -0.145. The number of thioether (sulfide) groups is 1. The topological polar surface area (TPSA) is 76.1 Å². The van der Waals surface area contributed by atoms with E-state index in [0.717, 1.165) is 33.4 Å². The van der Waals surface area contributed by atoms with Crippen molar-refractivity contribution in [3.05, 3.63) is 135 Å². The maximum Gasteiger partial charge on any atom is 0.331 e. The maximum absolute atomic E-state index is 13.6. The van der Waals surface area contributed by atoms with E-state index in [1.165, 1.54) is 5.56 Å². The van der Waals surface area contributed by atoms with E-state index >= 15 is 0 Å². The minimum absolute atomic E-state index is 0.177. The molecule has 0 bridgehead atoms. The Morgan fingerprint density at radius 1 is 0.881 bits per heavy atom. The van der Waals surface area contributed by atoms with Crippen LogP contribution in [0.5, 0.6) is 11.5 Å². The normalized spacial score (nSPS) is 14.7. The lowest BCUT2D eigenvalue weighted by atomic mass is 10.1. The number of hydrogen-bond donors (Lipinski definition) is 1. The number of carbonyl (C=O) groups is 2. The molecule has 8 heteroatoms. The molecule has 0 aromatic heterocycles. The van der Waals surface area contributed by atoms with Crippen LogP contribution in [-0.2, 0) is 22.8 Å². The Kier molecular flexibility index (Phi) is 9.05. The van der Waals surface area contributed by atoms with Gasteiger partial charge in [0.15, 0.2) is 6.04 Å². The van der Waals surface area contributed by atoms with E-state index in [9.17, 15) is 14.7 Å². The Bertz CT molecular complexity index is 1630. The first kappa shape index (κ1) is 29.1. The van der Waals surface area contributed by atoms with Crippen LogP contribution in [0.2, 0.25) is 0 Å². The van der Waals surface area contributed by atoms with Gasteiger partial charge >= 0.3 is 5.97 Å². The highest BCUT2D eigenvalue weighted by Gasteiger charge is 2.41. The molecule has 1 amide bonds. The van der Waals surface area contributed by atoms with Gasteiger partial charge in [-0.25, -0.2) is 4.79 Å². The molecule has 1 fully saturated rings. The first-order valence-corrected chi connectivity index (χ1v) is 14.6. The second-order valence-electron chi connectivity index (χ2n) is 9.95. The van der Waals surface area contributed by atoms with E-state index in [1.807, 2.05) is 80.6 Å². The summed E-state index contributed by atoms with van der Waals surface area (Å²) < 4.78 is 12.4. The van der Waals surface area contributed by atoms with Crippen molar-refractivity contribution in [1.82, 2.24) is 4.90 Å². The zero-order chi connectivity index (χ0) is 29.6. The molecular formula is C34H29NO5S2. The van der Waals surface area contributed by atoms with Crippen LogP contribution >= 0.6 is 24.0 Å². The highest BCUT2D eigenvalue weighted by molar-refractivity contribution is 8.26. The Labute approximate surface area is 254 Å². The van der Waals surface area contributed by atoms with Crippen molar-refractivity contribution in [3.63, 3.8) is 0 Å². The highest BCUT2D eigenvalue weighted by Crippen LogP contribution is 2.40. The van der Waals surface area contributed by atoms with Gasteiger partial charge in [-0.15, -0.1) is 0 Å². The number of carboxylic acids is 1. The average molecular weight is 596 g/mol. The van der Waals surface area contributed by atoms with Gasteiger partial charge in [-0.2, -0.15) is 0 Å². The van der Waals surface area contributed by atoms with Gasteiger partial charge in [0.2, 0.25) is 0 Å². The summed E-state index contributed by atoms with van der Waals surface area (Å²) in [5.41, 5.74) is 5.46. The third-order valence-electron chi connectivity index (χ3n) is 6.74. The number of nitrogens with zero attached hydrogens (tertiary/aromatic N) is 1. The summed E-state index contributed by atoms with van der Waals surface area (Å²) in [5.74, 6) is -0.474. The van der Waals surface area contributed by atoms with Gasteiger partial charge in [-0.1, -0.05) is 114 Å². The summed E-state index contributed by atoms with van der Waals surface area (Å²) in [6.07, 6.45) is 1.69. The second kappa shape index (κ2) is 13.1. The van der Waals surface area contributed by atoms with E-state index in [4.69, 9.17) is 21.7 Å². The maximum atomic E-state index is 13.6. The first-order chi connectivity index (χ1) is 20.3. The Balaban J connectivity index is 1.44. The van der Waals surface area contributed by atoms with E-state index in [1.54, 1.807) is 36.4 Å². The summed E-state index contributed by atoms with van der Waals surface area (Å²) in [4.78, 5) is 27.3. The second-order valence-corrected chi connectivity index (χ2v) is 11.6. The third kappa shape index (κ3) is 6.90. The summed E-state index contributed by atoms with van der Waals surface area (Å²) in [6.45, 7) is 4.78. The monoisotopic (exact) mass is 595 g/mol. The molecule has 0 spiro atoms. The predicted molar refractivity (Wildman–Crippen MR) is 169 cm³/mol. The van der Waals surface area contributed by atoms with Crippen LogP contribution in [0.3, 0.4) is 0 Å². The Morgan fingerprint density at radius 3 is 2.07 bits per heavy atom. The summed E-state index contributed by atoms with van der Waals surface area (Å²) in [5, 5.41) is 10.0. The van der Waals surface area contributed by atoms with Crippen LogP contribution in [-0.4, -0.2) is 26.2 Å². The van der Waals surface area contributed by atoms with Crippen LogP contribution in [0.15, 0.2) is 102 Å². The number of carboxylic acid groups (broad SMARTS) is 1. The fourth-order valence-electron chi connectivity index (χ4n) is 4.44. The van der Waals surface area contributed by atoms with Crippen LogP contribution in [0.1, 0.15) is 39.4 Å². The van der Waals surface area contributed by atoms with Crippen LogP contribution in [0.25, 0.3) is 6.08 Å². The van der Waals surface area contributed by atoms with Crippen molar-refractivity contribution in [3.8, 4) is 11.5 Å². The molecular weight excluding hydrogens is 567 g/mol. The van der Waals surface area contributed by atoms with Crippen LogP contribution < -0.4 is 9.47 Å². The van der Waals surface area contributed by atoms with Gasteiger partial charge in [0.1, 0.15) is 29.0 Å². The average Bonchev–Trinajstić information content (AvgIpc) is 3.25. The number of aryl methyl sites for hydroxylation is 2. The number of thiocarbonyl (C=S) groups is 1. The molecule has 0 radical (unpaired) electrons. The molecule has 1 saturated heterocycles. The quantitative estimate of drug-likeness (QED) is 0.150. The lowest BCUT2D eigenvalue weighted by Crippen LogP contribution is -2.37. The zero-order valence-electron chi connectivity index (χ0n) is 23.2. The number of carbonyl (C=O) groups excluding carboxylic acids is 1. The molecule has 1 heterocycles. The standard InChI is InChI=1S/C34H29NO5S2/c1-22-8-12-24(13-9-22)20-39-28-16-17-29(40-21-25-14-10-23(2)11-15-25)27(18-28)19-30-32(36)35(34(41)42-30)31(33(37)38)26-6-4-3-5-7-26/h3-19,31H,20-21H2,1-2H3,(H,37,38)/b30-19-. The lowest BCUT2D eigenvalue weighted by Gasteiger charge is -2.23. The zero-order valence-corrected chi connectivity index (χ0v) is 24.8. The molecule has 0 saturated carbocycles. The van der Waals surface area contributed by atoms with Crippen molar-refractivity contribution in [2.45, 2.75) is 33.1 Å². The molecule has 4 aromatic rings. The molecule has 1 aliphatic rings. The molecule has 1 aliphatic heterocycles. The van der Waals surface area contributed by atoms with Gasteiger partial charge in [0.25, 0.3) is 5.91 Å².